The van der Waals surface area contributed by atoms with Gasteiger partial charge in [-0.2, -0.15) is 0 Å². The van der Waals surface area contributed by atoms with Crippen LogP contribution in [0.5, 0.6) is 0 Å². The van der Waals surface area contributed by atoms with E-state index in [0.717, 1.165) is 122 Å². The molecule has 0 aromatic carbocycles. The second-order valence-electron chi connectivity index (χ2n) is 22.7. The maximum absolute atomic E-state index is 12.9. The Bertz CT molecular complexity index is 1560. The van der Waals surface area contributed by atoms with E-state index in [4.69, 9.17) is 14.2 Å². The summed E-state index contributed by atoms with van der Waals surface area (Å²) < 4.78 is 17.0. The summed E-state index contributed by atoms with van der Waals surface area (Å²) in [4.78, 5) is 38.4. The van der Waals surface area contributed by atoms with Crippen LogP contribution in [0.2, 0.25) is 0 Å². The van der Waals surface area contributed by atoms with Crippen LogP contribution in [0.15, 0.2) is 97.2 Å². The fraction of sp³-hybridized carbons (Fsp3) is 0.743. The van der Waals surface area contributed by atoms with Crippen molar-refractivity contribution in [2.75, 3.05) is 13.2 Å². The van der Waals surface area contributed by atoms with Crippen molar-refractivity contribution in [3.8, 4) is 0 Å². The summed E-state index contributed by atoms with van der Waals surface area (Å²) in [5.74, 6) is -0.884. The Morgan fingerprint density at radius 1 is 0.263 bits per heavy atom. The van der Waals surface area contributed by atoms with Gasteiger partial charge in [0.1, 0.15) is 13.2 Å². The molecule has 460 valence electrons. The normalized spacial score (nSPS) is 12.7. The number of ether oxygens (including phenoxy) is 3. The SMILES string of the molecule is CC/C=C\C/C=C\C/C=C\C/C=C\C/C=C\C/C=C\CCCCCCCCCCCCC(=O)OCC(COC(=O)CCCCCCC/C=C\C/C=C\CCC)OC(=O)CCCCCCCCCCCCCCCCCCCCCC. The van der Waals surface area contributed by atoms with Gasteiger partial charge in [0.25, 0.3) is 0 Å². The van der Waals surface area contributed by atoms with Gasteiger partial charge in [-0.1, -0.05) is 317 Å². The van der Waals surface area contributed by atoms with Crippen LogP contribution >= 0.6 is 0 Å². The summed E-state index contributed by atoms with van der Waals surface area (Å²) >= 11 is 0. The van der Waals surface area contributed by atoms with Crippen LogP contribution in [0.25, 0.3) is 0 Å². The van der Waals surface area contributed by atoms with Crippen molar-refractivity contribution < 1.29 is 28.6 Å². The molecule has 0 heterocycles. The molecular weight excluding hydrogens is 985 g/mol. The highest BCUT2D eigenvalue weighted by atomic mass is 16.6. The molecule has 0 spiro atoms. The second kappa shape index (κ2) is 67.8. The van der Waals surface area contributed by atoms with E-state index >= 15 is 0 Å². The molecule has 0 fully saturated rings. The van der Waals surface area contributed by atoms with Crippen molar-refractivity contribution in [3.63, 3.8) is 0 Å². The number of allylic oxidation sites excluding steroid dienone is 16. The van der Waals surface area contributed by atoms with E-state index in [9.17, 15) is 14.4 Å². The van der Waals surface area contributed by atoms with Gasteiger partial charge in [0.05, 0.1) is 0 Å². The van der Waals surface area contributed by atoms with Gasteiger partial charge in [0.15, 0.2) is 6.10 Å². The predicted octanol–water partition coefficient (Wildman–Crippen LogP) is 23.6. The summed E-state index contributed by atoms with van der Waals surface area (Å²) in [6.07, 6.45) is 91.4. The van der Waals surface area contributed by atoms with Gasteiger partial charge in [0.2, 0.25) is 0 Å². The first kappa shape index (κ1) is 76.3. The maximum Gasteiger partial charge on any atom is 0.306 e. The van der Waals surface area contributed by atoms with Crippen molar-refractivity contribution in [2.45, 2.75) is 341 Å². The molecule has 0 rings (SSSR count). The monoisotopic (exact) mass is 1110 g/mol. The Labute approximate surface area is 496 Å². The fourth-order valence-corrected chi connectivity index (χ4v) is 9.72. The molecule has 6 heteroatoms. The van der Waals surface area contributed by atoms with E-state index in [1.165, 1.54) is 173 Å². The smallest absolute Gasteiger partial charge is 0.306 e. The molecule has 1 unspecified atom stereocenters. The van der Waals surface area contributed by atoms with Crippen LogP contribution in [0.1, 0.15) is 335 Å². The molecule has 0 radical (unpaired) electrons. The lowest BCUT2D eigenvalue weighted by atomic mass is 10.0. The molecule has 0 aromatic heterocycles. The molecule has 0 saturated heterocycles. The topological polar surface area (TPSA) is 78.9 Å². The zero-order valence-corrected chi connectivity index (χ0v) is 52.8. The zero-order valence-electron chi connectivity index (χ0n) is 52.8. The molecule has 0 bridgehead atoms. The van der Waals surface area contributed by atoms with Crippen LogP contribution in [-0.2, 0) is 28.6 Å². The van der Waals surface area contributed by atoms with Crippen molar-refractivity contribution in [1.29, 1.82) is 0 Å². The van der Waals surface area contributed by atoms with E-state index in [2.05, 4.69) is 118 Å². The van der Waals surface area contributed by atoms with Gasteiger partial charge in [-0.3, -0.25) is 14.4 Å². The lowest BCUT2D eigenvalue weighted by Gasteiger charge is -2.18. The minimum absolute atomic E-state index is 0.0814. The minimum Gasteiger partial charge on any atom is -0.462 e. The molecule has 0 N–H and O–H groups in total. The van der Waals surface area contributed by atoms with E-state index in [1.807, 2.05) is 0 Å². The van der Waals surface area contributed by atoms with Crippen LogP contribution in [-0.4, -0.2) is 37.2 Å². The molecule has 0 aliphatic heterocycles. The van der Waals surface area contributed by atoms with Gasteiger partial charge < -0.3 is 14.2 Å². The lowest BCUT2D eigenvalue weighted by molar-refractivity contribution is -0.167. The molecule has 0 aliphatic carbocycles. The molecule has 0 saturated carbocycles. The van der Waals surface area contributed by atoms with Crippen molar-refractivity contribution in [3.05, 3.63) is 97.2 Å². The van der Waals surface area contributed by atoms with Gasteiger partial charge in [-0.15, -0.1) is 0 Å². The number of hydrogen-bond donors (Lipinski definition) is 0. The first-order valence-corrected chi connectivity index (χ1v) is 34.2. The molecule has 80 heavy (non-hydrogen) atoms. The van der Waals surface area contributed by atoms with Gasteiger partial charge in [0, 0.05) is 19.3 Å². The van der Waals surface area contributed by atoms with Crippen molar-refractivity contribution >= 4 is 17.9 Å². The second-order valence-corrected chi connectivity index (χ2v) is 22.7. The van der Waals surface area contributed by atoms with E-state index in [1.54, 1.807) is 0 Å². The summed E-state index contributed by atoms with van der Waals surface area (Å²) in [5.41, 5.74) is 0. The number of unbranched alkanes of at least 4 members (excludes halogenated alkanes) is 35. The Balaban J connectivity index is 4.28. The Hall–Kier alpha value is -3.67. The number of carbonyl (C=O) groups is 3. The first-order valence-electron chi connectivity index (χ1n) is 34.2. The van der Waals surface area contributed by atoms with Crippen LogP contribution < -0.4 is 0 Å². The molecule has 1 atom stereocenters. The summed E-state index contributed by atoms with van der Waals surface area (Å²) in [5, 5.41) is 0. The quantitative estimate of drug-likeness (QED) is 0.0261. The third-order valence-electron chi connectivity index (χ3n) is 14.8. The zero-order chi connectivity index (χ0) is 57.8. The molecule has 6 nitrogen and oxygen atoms in total. The minimum atomic E-state index is -0.785. The Kier molecular flexibility index (Phi) is 64.7. The summed E-state index contributed by atoms with van der Waals surface area (Å²) in [6, 6.07) is 0. The van der Waals surface area contributed by atoms with E-state index in [0.29, 0.717) is 19.3 Å². The molecular formula is C74H128O6. The highest BCUT2D eigenvalue weighted by Gasteiger charge is 2.19. The van der Waals surface area contributed by atoms with Crippen LogP contribution in [0.3, 0.4) is 0 Å². The lowest BCUT2D eigenvalue weighted by Crippen LogP contribution is -2.30. The number of carbonyl (C=O) groups excluding carboxylic acids is 3. The molecule has 0 aromatic rings. The fourth-order valence-electron chi connectivity index (χ4n) is 9.72. The number of hydrogen-bond acceptors (Lipinski definition) is 6. The average molecular weight is 1110 g/mol. The molecule has 0 aliphatic rings. The van der Waals surface area contributed by atoms with Crippen LogP contribution in [0, 0.1) is 0 Å². The largest absolute Gasteiger partial charge is 0.462 e. The van der Waals surface area contributed by atoms with Gasteiger partial charge >= 0.3 is 17.9 Å². The third-order valence-corrected chi connectivity index (χ3v) is 14.8. The van der Waals surface area contributed by atoms with Crippen molar-refractivity contribution in [1.82, 2.24) is 0 Å². The number of rotatable bonds is 62. The molecule has 0 amide bonds. The van der Waals surface area contributed by atoms with Crippen LogP contribution in [0.4, 0.5) is 0 Å². The van der Waals surface area contributed by atoms with Gasteiger partial charge in [-0.05, 0) is 96.3 Å². The average Bonchev–Trinajstić information content (AvgIpc) is 3.46. The van der Waals surface area contributed by atoms with E-state index in [-0.39, 0.29) is 31.1 Å². The Morgan fingerprint density at radius 3 is 0.812 bits per heavy atom. The maximum atomic E-state index is 12.9. The predicted molar refractivity (Wildman–Crippen MR) is 348 cm³/mol. The Morgan fingerprint density at radius 2 is 0.512 bits per heavy atom. The summed E-state index contributed by atoms with van der Waals surface area (Å²) in [6.45, 7) is 6.49. The third kappa shape index (κ3) is 65.1. The van der Waals surface area contributed by atoms with Crippen molar-refractivity contribution in [2.24, 2.45) is 0 Å². The first-order chi connectivity index (χ1) is 39.5. The highest BCUT2D eigenvalue weighted by Crippen LogP contribution is 2.17. The van der Waals surface area contributed by atoms with E-state index < -0.39 is 6.10 Å². The van der Waals surface area contributed by atoms with Gasteiger partial charge in [-0.25, -0.2) is 0 Å². The standard InChI is InChI=1S/C74H128O6/c1-4-7-10-13-16-19-22-25-27-29-31-33-34-35-36-37-38-39-40-41-43-44-46-49-52-55-58-61-64-67-73(76)79-70-71(69-78-72(75)66-63-60-57-54-51-48-24-21-18-15-12-9-6-3)80-74(77)68-65-62-59-56-53-50-47-45-42-32-30-28-26-23-20-17-14-11-8-5-2/h7,10,12,15-16,19,21,24-25,27,31,33,35-36,38-39,71H,4-6,8-9,11,13-14,17-18,20,22-23,26,28-30,32,34,37,40-70H2,1-3H3/b10-7-,15-12-,19-16-,24-21-,27-25-,33-31-,36-35-,39-38-. The highest BCUT2D eigenvalue weighted by molar-refractivity contribution is 5.71. The summed E-state index contributed by atoms with van der Waals surface area (Å²) in [7, 11) is 0. The number of esters is 3.